The fourth-order valence-corrected chi connectivity index (χ4v) is 8.03. The van der Waals surface area contributed by atoms with E-state index in [1.165, 1.54) is 77.0 Å². The van der Waals surface area contributed by atoms with Crippen LogP contribution in [-0.2, 0) is 19.1 Å². The maximum absolute atomic E-state index is 13.0. The van der Waals surface area contributed by atoms with Gasteiger partial charge in [-0.25, -0.2) is 0 Å². The molecule has 216 valence electrons. The van der Waals surface area contributed by atoms with Gasteiger partial charge in [0, 0.05) is 0 Å². The number of carbonyl (C=O) groups excluding carboxylic acids is 2. The molecule has 0 aliphatic rings. The molecule has 0 aromatic rings. The van der Waals surface area contributed by atoms with Crippen molar-refractivity contribution in [3.8, 4) is 0 Å². The van der Waals surface area contributed by atoms with E-state index in [4.69, 9.17) is 9.47 Å². The number of carbonyl (C=O) groups is 2. The molecule has 37 heavy (non-hydrogen) atoms. The summed E-state index contributed by atoms with van der Waals surface area (Å²) in [6, 6.07) is 0. The van der Waals surface area contributed by atoms with E-state index < -0.39 is 20.2 Å². The van der Waals surface area contributed by atoms with Gasteiger partial charge in [-0.3, -0.25) is 0 Å². The van der Waals surface area contributed by atoms with Crippen molar-refractivity contribution in [1.82, 2.24) is 0 Å². The number of unbranched alkanes of at least 4 members (excludes halogenated alkanes) is 16. The Bertz CT molecular complexity index is 572. The predicted molar refractivity (Wildman–Crippen MR) is 162 cm³/mol. The van der Waals surface area contributed by atoms with Gasteiger partial charge in [0.15, 0.2) is 0 Å². The fourth-order valence-electron chi connectivity index (χ4n) is 4.28. The predicted octanol–water partition coefficient (Wildman–Crippen LogP) is 8.78. The van der Waals surface area contributed by atoms with Gasteiger partial charge in [0.25, 0.3) is 0 Å². The molecule has 0 N–H and O–H groups in total. The molecule has 0 aromatic carbocycles. The summed E-state index contributed by atoms with van der Waals surface area (Å²) in [6.45, 7) is 9.70. The Kier molecular flexibility index (Phi) is 28.1. The van der Waals surface area contributed by atoms with Gasteiger partial charge in [-0.05, 0) is 0 Å². The van der Waals surface area contributed by atoms with E-state index in [2.05, 4.69) is 27.7 Å². The molecule has 4 nitrogen and oxygen atoms in total. The summed E-state index contributed by atoms with van der Waals surface area (Å²) in [4.78, 5) is 26.0. The van der Waals surface area contributed by atoms with Crippen LogP contribution in [0.5, 0.6) is 0 Å². The quantitative estimate of drug-likeness (QED) is 0.0547. The monoisotopic (exact) mass is 628 g/mol. The Morgan fingerprint density at radius 2 is 0.730 bits per heavy atom. The third-order valence-electron chi connectivity index (χ3n) is 6.82. The maximum atomic E-state index is 13.0. The van der Waals surface area contributed by atoms with E-state index in [1.54, 1.807) is 0 Å². The van der Waals surface area contributed by atoms with Crippen LogP contribution in [0.4, 0.5) is 0 Å². The van der Waals surface area contributed by atoms with Crippen molar-refractivity contribution < 1.29 is 19.1 Å². The number of hydrogen-bond donors (Lipinski definition) is 0. The van der Waals surface area contributed by atoms with Gasteiger partial charge >= 0.3 is 240 Å². The van der Waals surface area contributed by atoms with Crippen molar-refractivity contribution in [2.45, 2.75) is 169 Å². The first kappa shape index (κ1) is 36.5. The second-order valence-electron chi connectivity index (χ2n) is 10.5. The van der Waals surface area contributed by atoms with Gasteiger partial charge in [-0.15, -0.1) is 0 Å². The van der Waals surface area contributed by atoms with Crippen molar-refractivity contribution in [3.63, 3.8) is 0 Å². The average molecular weight is 628 g/mol. The van der Waals surface area contributed by atoms with Crippen LogP contribution in [0, 0.1) is 0 Å². The van der Waals surface area contributed by atoms with E-state index >= 15 is 0 Å². The molecule has 0 radical (unpaired) electrons. The summed E-state index contributed by atoms with van der Waals surface area (Å²) in [5.74, 6) is -0.254. The summed E-state index contributed by atoms with van der Waals surface area (Å²) in [7, 11) is 0. The third-order valence-corrected chi connectivity index (χ3v) is 11.1. The molecule has 5 heteroatoms. The minimum atomic E-state index is -1.49. The Morgan fingerprint density at radius 3 is 1.05 bits per heavy atom. The summed E-state index contributed by atoms with van der Waals surface area (Å²) in [6.07, 6.45) is 25.4. The van der Waals surface area contributed by atoms with Crippen LogP contribution in [0.15, 0.2) is 0 Å². The van der Waals surface area contributed by atoms with E-state index in [-0.39, 0.29) is 11.9 Å². The van der Waals surface area contributed by atoms with Crippen molar-refractivity contribution in [1.29, 1.82) is 0 Å². The van der Waals surface area contributed by atoms with E-state index in [0.29, 0.717) is 13.2 Å². The fraction of sp³-hybridized carbons (Fsp3) is 0.875. The van der Waals surface area contributed by atoms with Crippen LogP contribution in [0.1, 0.15) is 169 Å². The zero-order chi connectivity index (χ0) is 27.4. The third kappa shape index (κ3) is 23.1. The van der Waals surface area contributed by atoms with Crippen molar-refractivity contribution in [2.75, 3.05) is 13.2 Å². The Morgan fingerprint density at radius 1 is 0.432 bits per heavy atom. The molecule has 0 atom stereocenters. The summed E-state index contributed by atoms with van der Waals surface area (Å²) >= 11 is -1.49. The number of ether oxygens (including phenoxy) is 2. The van der Waals surface area contributed by atoms with Crippen molar-refractivity contribution >= 4 is 39.2 Å². The number of hydrogen-bond acceptors (Lipinski definition) is 4. The van der Waals surface area contributed by atoms with Crippen LogP contribution >= 0.6 is 0 Å². The van der Waals surface area contributed by atoms with E-state index in [1.807, 2.05) is 0 Å². The Hall–Kier alpha value is -0.521. The van der Waals surface area contributed by atoms with Gasteiger partial charge in [0.2, 0.25) is 0 Å². The molecule has 0 aliphatic heterocycles. The second-order valence-corrected chi connectivity index (χ2v) is 14.7. The molecule has 0 aromatic heterocycles. The molecule has 0 fully saturated rings. The molecule has 0 aliphatic carbocycles. The van der Waals surface area contributed by atoms with Gasteiger partial charge < -0.3 is 0 Å². The SMILES string of the molecule is CCCCCCCCCC[C](=[Sn]=[C](CCCCCCCCCC)C(=O)OCCCC)C(=O)OCCCC. The first-order valence-electron chi connectivity index (χ1n) is 15.9. The molecule has 0 saturated carbocycles. The van der Waals surface area contributed by atoms with Crippen LogP contribution in [0.2, 0.25) is 0 Å². The van der Waals surface area contributed by atoms with Crippen LogP contribution in [-0.4, -0.2) is 52.4 Å². The van der Waals surface area contributed by atoms with Crippen molar-refractivity contribution in [2.24, 2.45) is 0 Å². The average Bonchev–Trinajstić information content (AvgIpc) is 2.90. The normalized spacial score (nSPS) is 10.7. The molecule has 0 spiro atoms. The molecule has 0 bridgehead atoms. The summed E-state index contributed by atoms with van der Waals surface area (Å²) < 4.78 is 13.1. The first-order valence-corrected chi connectivity index (χ1v) is 18.8. The Balaban J connectivity index is 5.22. The molecule has 0 rings (SSSR count). The summed E-state index contributed by atoms with van der Waals surface area (Å²) in [5.41, 5.74) is 0. The van der Waals surface area contributed by atoms with E-state index in [0.717, 1.165) is 71.2 Å². The molecule has 0 unspecified atom stereocenters. The van der Waals surface area contributed by atoms with Crippen LogP contribution in [0.25, 0.3) is 0 Å². The van der Waals surface area contributed by atoms with Crippen LogP contribution < -0.4 is 0 Å². The second kappa shape index (κ2) is 28.5. The zero-order valence-corrected chi connectivity index (χ0v) is 28.0. The van der Waals surface area contributed by atoms with Crippen LogP contribution in [0.3, 0.4) is 0 Å². The molecular formula is C32H60O4Sn. The first-order chi connectivity index (χ1) is 18.1. The zero-order valence-electron chi connectivity index (χ0n) is 25.1. The van der Waals surface area contributed by atoms with Gasteiger partial charge in [-0.2, -0.15) is 0 Å². The minimum absolute atomic E-state index is 0.127. The number of rotatable bonds is 26. The number of esters is 2. The van der Waals surface area contributed by atoms with Gasteiger partial charge in [0.1, 0.15) is 0 Å². The van der Waals surface area contributed by atoms with Gasteiger partial charge in [0.05, 0.1) is 0 Å². The summed E-state index contributed by atoms with van der Waals surface area (Å²) in [5, 5.41) is 0. The molecule has 0 heterocycles. The molecule has 0 amide bonds. The van der Waals surface area contributed by atoms with E-state index in [9.17, 15) is 9.59 Å². The topological polar surface area (TPSA) is 52.6 Å². The Labute approximate surface area is 239 Å². The standard InChI is InChI=1S/2C16H30O2.Sn/c2*1-3-5-7-8-9-10-11-12-13-14-16(17)18-15-6-4-2;/h2*3-13,15H2,1-2H3;. The molecular weight excluding hydrogens is 567 g/mol. The van der Waals surface area contributed by atoms with Gasteiger partial charge in [-0.1, -0.05) is 0 Å². The van der Waals surface area contributed by atoms with Crippen molar-refractivity contribution in [3.05, 3.63) is 0 Å². The molecule has 0 saturated heterocycles.